The predicted molar refractivity (Wildman–Crippen MR) is 39.6 cm³/mol. The Balaban J connectivity index is 3.14. The van der Waals surface area contributed by atoms with Crippen molar-refractivity contribution in [1.82, 2.24) is 5.43 Å². The normalized spacial score (nSPS) is 9.89. The second-order valence-corrected chi connectivity index (χ2v) is 2.15. The van der Waals surface area contributed by atoms with Gasteiger partial charge in [-0.2, -0.15) is 16.9 Å². The summed E-state index contributed by atoms with van der Waals surface area (Å²) in [6.45, 7) is 0. The van der Waals surface area contributed by atoms with Crippen LogP contribution in [0.3, 0.4) is 0 Å². The van der Waals surface area contributed by atoms with Gasteiger partial charge in [-0.25, -0.2) is 10.2 Å². The van der Waals surface area contributed by atoms with E-state index in [-0.39, 0.29) is 0 Å². The molecule has 0 aromatic carbocycles. The largest absolute Gasteiger partial charge is 0.350 e. The Morgan fingerprint density at radius 2 is 2.67 bits per heavy atom. The Morgan fingerprint density at radius 1 is 2.00 bits per heavy atom. The predicted octanol–water partition coefficient (Wildman–Crippen LogP) is 0.00350. The van der Waals surface area contributed by atoms with Gasteiger partial charge in [-0.05, 0) is 6.26 Å². The third-order valence-electron chi connectivity index (χ3n) is 0.507. The Kier molecular flexibility index (Phi) is 5.00. The first-order chi connectivity index (χ1) is 4.27. The smallest absolute Gasteiger partial charge is 0.332 e. The molecule has 0 aliphatic heterocycles. The summed E-state index contributed by atoms with van der Waals surface area (Å²) < 4.78 is 0. The fourth-order valence-electron chi connectivity index (χ4n) is 0.221. The highest BCUT2D eigenvalue weighted by atomic mass is 32.2. The highest BCUT2D eigenvalue weighted by Crippen LogP contribution is 1.84. The second kappa shape index (κ2) is 5.43. The number of carbonyl (C=O) groups is 1. The molecule has 2 amide bonds. The molecule has 0 aliphatic carbocycles. The minimum absolute atomic E-state index is 0.632. The third kappa shape index (κ3) is 7.29. The topological polar surface area (TPSA) is 67.5 Å². The zero-order chi connectivity index (χ0) is 7.11. The number of nitrogens with one attached hydrogen (secondary N) is 1. The van der Waals surface area contributed by atoms with Crippen LogP contribution < -0.4 is 11.2 Å². The number of primary amides is 1. The minimum atomic E-state index is -0.632. The van der Waals surface area contributed by atoms with Crippen LogP contribution in [0.1, 0.15) is 0 Å². The van der Waals surface area contributed by atoms with Gasteiger partial charge in [0, 0.05) is 12.0 Å². The van der Waals surface area contributed by atoms with E-state index in [1.54, 1.807) is 18.0 Å². The van der Waals surface area contributed by atoms with Gasteiger partial charge in [0.05, 0.1) is 0 Å². The van der Waals surface area contributed by atoms with Crippen molar-refractivity contribution in [3.63, 3.8) is 0 Å². The Bertz CT molecular complexity index is 114. The van der Waals surface area contributed by atoms with Crippen LogP contribution in [0, 0.1) is 0 Å². The number of nitrogens with zero attached hydrogens (tertiary/aromatic N) is 1. The maximum atomic E-state index is 9.95. The summed E-state index contributed by atoms with van der Waals surface area (Å²) in [5, 5.41) is 3.49. The highest BCUT2D eigenvalue weighted by molar-refractivity contribution is 7.99. The molecule has 0 aliphatic rings. The molecule has 3 N–H and O–H groups in total. The van der Waals surface area contributed by atoms with E-state index in [0.29, 0.717) is 0 Å². The van der Waals surface area contributed by atoms with Crippen LogP contribution in [0.25, 0.3) is 0 Å². The van der Waals surface area contributed by atoms with Crippen molar-refractivity contribution in [3.8, 4) is 0 Å². The summed E-state index contributed by atoms with van der Waals surface area (Å²) in [6.07, 6.45) is 3.52. The summed E-state index contributed by atoms with van der Waals surface area (Å²) in [6, 6.07) is -0.632. The van der Waals surface area contributed by atoms with Crippen LogP contribution >= 0.6 is 11.8 Å². The number of hydrogen-bond acceptors (Lipinski definition) is 3. The van der Waals surface area contributed by atoms with Gasteiger partial charge in [0.2, 0.25) is 0 Å². The van der Waals surface area contributed by atoms with E-state index >= 15 is 0 Å². The van der Waals surface area contributed by atoms with Gasteiger partial charge < -0.3 is 5.73 Å². The summed E-state index contributed by atoms with van der Waals surface area (Å²) in [7, 11) is 0. The van der Waals surface area contributed by atoms with E-state index in [1.807, 2.05) is 6.26 Å². The van der Waals surface area contributed by atoms with Gasteiger partial charge in [-0.1, -0.05) is 0 Å². The maximum Gasteiger partial charge on any atom is 0.332 e. The average Bonchev–Trinajstić information content (AvgIpc) is 1.80. The van der Waals surface area contributed by atoms with E-state index in [9.17, 15) is 4.79 Å². The van der Waals surface area contributed by atoms with Crippen molar-refractivity contribution < 1.29 is 4.79 Å². The Hall–Kier alpha value is -0.710. The lowest BCUT2D eigenvalue weighted by Crippen LogP contribution is -2.24. The molecule has 0 bridgehead atoms. The molecule has 0 unspecified atom stereocenters. The first-order valence-corrected chi connectivity index (χ1v) is 3.72. The van der Waals surface area contributed by atoms with E-state index in [1.165, 1.54) is 0 Å². The van der Waals surface area contributed by atoms with Gasteiger partial charge >= 0.3 is 6.03 Å². The molecule has 0 aromatic rings. The van der Waals surface area contributed by atoms with Crippen LogP contribution in [-0.4, -0.2) is 24.3 Å². The van der Waals surface area contributed by atoms with Gasteiger partial charge in [-0.15, -0.1) is 0 Å². The van der Waals surface area contributed by atoms with Crippen molar-refractivity contribution in [3.05, 3.63) is 0 Å². The SMILES string of the molecule is CSC/C=N/NC(N)=O. The lowest BCUT2D eigenvalue weighted by atomic mass is 10.9. The van der Waals surface area contributed by atoms with Gasteiger partial charge in [0.1, 0.15) is 0 Å². The van der Waals surface area contributed by atoms with Crippen molar-refractivity contribution in [2.75, 3.05) is 12.0 Å². The zero-order valence-corrected chi connectivity index (χ0v) is 5.94. The van der Waals surface area contributed by atoms with Crippen molar-refractivity contribution in [2.45, 2.75) is 0 Å². The molecule has 5 heteroatoms. The average molecular weight is 147 g/mol. The molecule has 0 fully saturated rings. The molecule has 52 valence electrons. The van der Waals surface area contributed by atoms with E-state index in [2.05, 4.69) is 10.5 Å². The minimum Gasteiger partial charge on any atom is -0.350 e. The number of thioether (sulfide) groups is 1. The number of amides is 2. The molecule has 0 saturated carbocycles. The van der Waals surface area contributed by atoms with Crippen molar-refractivity contribution in [1.29, 1.82) is 0 Å². The first-order valence-electron chi connectivity index (χ1n) is 2.33. The van der Waals surface area contributed by atoms with Crippen LogP contribution in [0.5, 0.6) is 0 Å². The van der Waals surface area contributed by atoms with Gasteiger partial charge in [0.15, 0.2) is 0 Å². The number of hydrazone groups is 1. The summed E-state index contributed by atoms with van der Waals surface area (Å²) in [5.41, 5.74) is 6.78. The number of urea groups is 1. The van der Waals surface area contributed by atoms with Gasteiger partial charge in [0.25, 0.3) is 0 Å². The summed E-state index contributed by atoms with van der Waals surface area (Å²) in [5.74, 6) is 0.778. The Labute approximate surface area is 57.9 Å². The zero-order valence-electron chi connectivity index (χ0n) is 5.13. The molecule has 9 heavy (non-hydrogen) atoms. The Morgan fingerprint density at radius 3 is 3.11 bits per heavy atom. The maximum absolute atomic E-state index is 9.95. The fraction of sp³-hybridized carbons (Fsp3) is 0.500. The lowest BCUT2D eigenvalue weighted by molar-refractivity contribution is 0.249. The van der Waals surface area contributed by atoms with Gasteiger partial charge in [-0.3, -0.25) is 0 Å². The van der Waals surface area contributed by atoms with Crippen molar-refractivity contribution >= 4 is 24.0 Å². The van der Waals surface area contributed by atoms with Crippen LogP contribution in [0.4, 0.5) is 4.79 Å². The molecule has 0 spiro atoms. The molecule has 0 atom stereocenters. The van der Waals surface area contributed by atoms with E-state index < -0.39 is 6.03 Å². The molecule has 0 radical (unpaired) electrons. The number of rotatable bonds is 3. The lowest BCUT2D eigenvalue weighted by Gasteiger charge is -1.88. The third-order valence-corrected chi connectivity index (χ3v) is 0.990. The molecule has 4 nitrogen and oxygen atoms in total. The van der Waals surface area contributed by atoms with Crippen LogP contribution in [0.2, 0.25) is 0 Å². The number of nitrogens with two attached hydrogens (primary N) is 1. The number of carbonyl (C=O) groups excluding carboxylic acids is 1. The fourth-order valence-corrected chi connectivity index (χ4v) is 0.445. The standard InChI is InChI=1S/C4H9N3OS/c1-9-3-2-6-7-4(5)8/h2H,3H2,1H3,(H3,5,7,8)/b6-2+. The molecule has 0 saturated heterocycles. The molecular weight excluding hydrogens is 138 g/mol. The van der Waals surface area contributed by atoms with Crippen LogP contribution in [0.15, 0.2) is 5.10 Å². The summed E-state index contributed by atoms with van der Waals surface area (Å²) >= 11 is 1.61. The van der Waals surface area contributed by atoms with E-state index in [0.717, 1.165) is 5.75 Å². The van der Waals surface area contributed by atoms with E-state index in [4.69, 9.17) is 5.73 Å². The quantitative estimate of drug-likeness (QED) is 0.436. The summed E-state index contributed by atoms with van der Waals surface area (Å²) in [4.78, 5) is 9.95. The highest BCUT2D eigenvalue weighted by Gasteiger charge is 1.81. The number of hydrogen-bond donors (Lipinski definition) is 2. The molecule has 0 aromatic heterocycles. The van der Waals surface area contributed by atoms with Crippen LogP contribution in [-0.2, 0) is 0 Å². The van der Waals surface area contributed by atoms with Crippen molar-refractivity contribution in [2.24, 2.45) is 10.8 Å². The second-order valence-electron chi connectivity index (χ2n) is 1.24. The first kappa shape index (κ1) is 8.29. The molecular formula is C4H9N3OS. The molecule has 0 heterocycles. The monoisotopic (exact) mass is 147 g/mol. The molecule has 0 rings (SSSR count).